The van der Waals surface area contributed by atoms with Crippen molar-refractivity contribution in [3.8, 4) is 0 Å². The minimum atomic E-state index is -3.63. The fourth-order valence-electron chi connectivity index (χ4n) is 1.20. The van der Waals surface area contributed by atoms with Crippen molar-refractivity contribution in [3.05, 3.63) is 29.8 Å². The monoisotopic (exact) mass is 257 g/mol. The molecule has 1 rings (SSSR count). The molecule has 0 aliphatic heterocycles. The van der Waals surface area contributed by atoms with Gasteiger partial charge in [0.1, 0.15) is 0 Å². The third-order valence-corrected chi connectivity index (χ3v) is 3.01. The lowest BCUT2D eigenvalue weighted by molar-refractivity contribution is 0.598. The molecule has 0 fully saturated rings. The van der Waals surface area contributed by atoms with Gasteiger partial charge in [0.25, 0.3) is 0 Å². The van der Waals surface area contributed by atoms with Crippen LogP contribution in [0.25, 0.3) is 0 Å². The van der Waals surface area contributed by atoms with E-state index in [1.807, 2.05) is 0 Å². The Balaban J connectivity index is 2.64. The van der Waals surface area contributed by atoms with E-state index in [9.17, 15) is 8.42 Å². The number of hydrogen-bond donors (Lipinski definition) is 4. The number of primary sulfonamides is 1. The molecule has 7 nitrogen and oxygen atoms in total. The normalized spacial score (nSPS) is 12.5. The molecule has 7 N–H and O–H groups in total. The summed E-state index contributed by atoms with van der Waals surface area (Å²) in [5.41, 5.74) is 8.48. The summed E-state index contributed by atoms with van der Waals surface area (Å²) in [6.45, 7) is 0.463. The Labute approximate surface area is 99.7 Å². The van der Waals surface area contributed by atoms with Crippen molar-refractivity contribution in [2.45, 2.75) is 11.3 Å². The van der Waals surface area contributed by atoms with Gasteiger partial charge < -0.3 is 5.73 Å². The average molecular weight is 257 g/mol. The van der Waals surface area contributed by atoms with Crippen molar-refractivity contribution in [2.75, 3.05) is 6.54 Å². The Hall–Kier alpha value is -1.64. The predicted octanol–water partition coefficient (Wildman–Crippen LogP) is -1.35. The van der Waals surface area contributed by atoms with Crippen LogP contribution < -0.4 is 22.1 Å². The molecule has 0 amide bonds. The summed E-state index contributed by atoms with van der Waals surface area (Å²) in [6.07, 6.45) is 0.632. The number of guanidine groups is 1. The lowest BCUT2D eigenvalue weighted by atomic mass is 10.1. The van der Waals surface area contributed by atoms with Crippen LogP contribution in [-0.2, 0) is 16.4 Å². The number of rotatable bonds is 4. The first-order chi connectivity index (χ1) is 7.93. The van der Waals surface area contributed by atoms with E-state index in [1.165, 1.54) is 12.1 Å². The molecule has 0 heterocycles. The standard InChI is InChI=1S/C9H15N5O2S/c10-9(14-11)13-6-5-7-1-3-8(4-2-7)17(12,15)16/h1-4H,5-6,11H2,(H3,10,13,14)(H2,12,15,16). The van der Waals surface area contributed by atoms with Crippen LogP contribution in [0.15, 0.2) is 34.2 Å². The van der Waals surface area contributed by atoms with Crippen LogP contribution in [0.4, 0.5) is 0 Å². The lowest BCUT2D eigenvalue weighted by Gasteiger charge is -2.02. The van der Waals surface area contributed by atoms with E-state index in [4.69, 9.17) is 16.7 Å². The molecule has 1 aromatic rings. The topological polar surface area (TPSA) is 137 Å². The minimum Gasteiger partial charge on any atom is -0.369 e. The van der Waals surface area contributed by atoms with Crippen LogP contribution in [0, 0.1) is 0 Å². The smallest absolute Gasteiger partial charge is 0.238 e. The Morgan fingerprint density at radius 3 is 2.35 bits per heavy atom. The van der Waals surface area contributed by atoms with E-state index in [2.05, 4.69) is 10.4 Å². The van der Waals surface area contributed by atoms with Gasteiger partial charge >= 0.3 is 0 Å². The Kier molecular flexibility index (Phi) is 4.44. The first-order valence-electron chi connectivity index (χ1n) is 4.82. The van der Waals surface area contributed by atoms with Gasteiger partial charge in [-0.1, -0.05) is 12.1 Å². The molecule has 0 unspecified atom stereocenters. The van der Waals surface area contributed by atoms with E-state index in [0.717, 1.165) is 5.56 Å². The molecule has 0 saturated carbocycles. The molecule has 94 valence electrons. The number of aliphatic imine (C=N–C) groups is 1. The van der Waals surface area contributed by atoms with Gasteiger partial charge in [0.2, 0.25) is 16.0 Å². The van der Waals surface area contributed by atoms with Gasteiger partial charge in [0, 0.05) is 6.54 Å². The first kappa shape index (κ1) is 13.4. The predicted molar refractivity (Wildman–Crippen MR) is 65.3 cm³/mol. The molecule has 17 heavy (non-hydrogen) atoms. The number of nitrogens with one attached hydrogen (secondary N) is 1. The maximum absolute atomic E-state index is 11.0. The molecule has 8 heteroatoms. The van der Waals surface area contributed by atoms with Gasteiger partial charge in [0.15, 0.2) is 0 Å². The molecule has 0 aromatic heterocycles. The maximum atomic E-state index is 11.0. The second kappa shape index (κ2) is 5.62. The summed E-state index contributed by atoms with van der Waals surface area (Å²) in [5, 5.41) is 4.98. The Bertz CT molecular complexity index is 495. The van der Waals surface area contributed by atoms with Gasteiger partial charge in [-0.3, -0.25) is 10.4 Å². The third kappa shape index (κ3) is 4.39. The molecule has 0 aliphatic rings. The van der Waals surface area contributed by atoms with E-state index in [1.54, 1.807) is 12.1 Å². The highest BCUT2D eigenvalue weighted by Crippen LogP contribution is 2.09. The number of hydrogen-bond acceptors (Lipinski definition) is 4. The van der Waals surface area contributed by atoms with E-state index >= 15 is 0 Å². The summed E-state index contributed by atoms with van der Waals surface area (Å²) < 4.78 is 22.0. The van der Waals surface area contributed by atoms with Crippen LogP contribution in [-0.4, -0.2) is 20.9 Å². The van der Waals surface area contributed by atoms with Crippen LogP contribution in [0.1, 0.15) is 5.56 Å². The van der Waals surface area contributed by atoms with Crippen molar-refractivity contribution in [2.24, 2.45) is 21.7 Å². The number of benzene rings is 1. The molecule has 0 atom stereocenters. The van der Waals surface area contributed by atoms with E-state index in [-0.39, 0.29) is 10.9 Å². The third-order valence-electron chi connectivity index (χ3n) is 2.08. The van der Waals surface area contributed by atoms with Gasteiger partial charge in [-0.15, -0.1) is 0 Å². The Morgan fingerprint density at radius 2 is 1.88 bits per heavy atom. The van der Waals surface area contributed by atoms with E-state index in [0.29, 0.717) is 13.0 Å². The number of sulfonamides is 1. The molecular formula is C9H15N5O2S. The van der Waals surface area contributed by atoms with Gasteiger partial charge in [-0.2, -0.15) is 0 Å². The largest absolute Gasteiger partial charge is 0.369 e. The molecule has 0 saturated heterocycles. The summed E-state index contributed by atoms with van der Waals surface area (Å²) in [4.78, 5) is 4.02. The minimum absolute atomic E-state index is 0.0906. The molecule has 1 aromatic carbocycles. The van der Waals surface area contributed by atoms with Crippen molar-refractivity contribution >= 4 is 16.0 Å². The quantitative estimate of drug-likeness (QED) is 0.229. The van der Waals surface area contributed by atoms with Gasteiger partial charge in [0.05, 0.1) is 4.90 Å². The second-order valence-electron chi connectivity index (χ2n) is 3.35. The van der Waals surface area contributed by atoms with Crippen molar-refractivity contribution < 1.29 is 8.42 Å². The Morgan fingerprint density at radius 1 is 1.29 bits per heavy atom. The van der Waals surface area contributed by atoms with Crippen LogP contribution in [0.2, 0.25) is 0 Å². The molecule has 0 bridgehead atoms. The van der Waals surface area contributed by atoms with Crippen LogP contribution in [0.5, 0.6) is 0 Å². The lowest BCUT2D eigenvalue weighted by Crippen LogP contribution is -2.37. The van der Waals surface area contributed by atoms with Crippen LogP contribution >= 0.6 is 0 Å². The van der Waals surface area contributed by atoms with Crippen molar-refractivity contribution in [1.82, 2.24) is 5.43 Å². The highest BCUT2D eigenvalue weighted by molar-refractivity contribution is 7.89. The number of hydrazine groups is 1. The van der Waals surface area contributed by atoms with Crippen molar-refractivity contribution in [1.29, 1.82) is 0 Å². The highest BCUT2D eigenvalue weighted by Gasteiger charge is 2.06. The first-order valence-corrected chi connectivity index (χ1v) is 6.36. The summed E-state index contributed by atoms with van der Waals surface area (Å²) in [6, 6.07) is 6.28. The summed E-state index contributed by atoms with van der Waals surface area (Å²) in [5.74, 6) is 5.19. The zero-order valence-corrected chi connectivity index (χ0v) is 9.94. The number of nitrogens with two attached hydrogens (primary N) is 3. The van der Waals surface area contributed by atoms with Crippen molar-refractivity contribution in [3.63, 3.8) is 0 Å². The second-order valence-corrected chi connectivity index (χ2v) is 4.91. The molecule has 0 radical (unpaired) electrons. The SMILES string of the molecule is NNC(N)=NCCc1ccc(S(N)(=O)=O)cc1. The highest BCUT2D eigenvalue weighted by atomic mass is 32.2. The summed E-state index contributed by atoms with van der Waals surface area (Å²) >= 11 is 0. The van der Waals surface area contributed by atoms with Crippen LogP contribution in [0.3, 0.4) is 0 Å². The fraction of sp³-hybridized carbons (Fsp3) is 0.222. The maximum Gasteiger partial charge on any atom is 0.238 e. The van der Waals surface area contributed by atoms with E-state index < -0.39 is 10.0 Å². The summed E-state index contributed by atoms with van der Waals surface area (Å²) in [7, 11) is -3.63. The average Bonchev–Trinajstić information content (AvgIpc) is 2.28. The zero-order chi connectivity index (χ0) is 12.9. The van der Waals surface area contributed by atoms with Gasteiger partial charge in [-0.05, 0) is 24.1 Å². The molecule has 0 aliphatic carbocycles. The number of nitrogens with zero attached hydrogens (tertiary/aromatic N) is 1. The zero-order valence-electron chi connectivity index (χ0n) is 9.13. The fourth-order valence-corrected chi connectivity index (χ4v) is 1.71. The van der Waals surface area contributed by atoms with Gasteiger partial charge in [-0.25, -0.2) is 19.4 Å². The molecular weight excluding hydrogens is 242 g/mol. The molecule has 0 spiro atoms.